The average molecular weight is 561 g/mol. The van der Waals surface area contributed by atoms with Crippen LogP contribution in [0.25, 0.3) is 0 Å². The third-order valence-electron chi connectivity index (χ3n) is 7.17. The quantitative estimate of drug-likeness (QED) is 0.324. The molecule has 6 rings (SSSR count). The van der Waals surface area contributed by atoms with Crippen molar-refractivity contribution < 1.29 is 27.6 Å². The zero-order valence-corrected chi connectivity index (χ0v) is 21.4. The molecule has 1 aromatic carbocycles. The predicted octanol–water partition coefficient (Wildman–Crippen LogP) is 3.23. The number of alkyl halides is 3. The van der Waals surface area contributed by atoms with Gasteiger partial charge in [0.15, 0.2) is 0 Å². The molecule has 2 aromatic heterocycles. The summed E-state index contributed by atoms with van der Waals surface area (Å²) in [4.78, 5) is 28.2. The van der Waals surface area contributed by atoms with Crippen LogP contribution < -0.4 is 24.6 Å². The van der Waals surface area contributed by atoms with Gasteiger partial charge in [-0.15, -0.1) is 13.2 Å². The number of aromatic nitrogens is 4. The molecule has 1 saturated heterocycles. The van der Waals surface area contributed by atoms with Gasteiger partial charge in [-0.2, -0.15) is 0 Å². The number of benzene rings is 1. The van der Waals surface area contributed by atoms with Crippen LogP contribution in [0, 0.1) is 10.1 Å². The van der Waals surface area contributed by atoms with Crippen molar-refractivity contribution in [1.82, 2.24) is 24.8 Å². The van der Waals surface area contributed by atoms with Crippen molar-refractivity contribution in [1.29, 1.82) is 0 Å². The van der Waals surface area contributed by atoms with Crippen molar-refractivity contribution in [2.45, 2.75) is 44.3 Å². The first kappa shape index (κ1) is 26.1. The molecule has 1 aliphatic carbocycles. The maximum atomic E-state index is 12.4. The number of nitrogens with zero attached hydrogens (tertiary/aromatic N) is 7. The molecule has 0 spiro atoms. The normalized spacial score (nSPS) is 19.2. The molecular formula is C25H27F3N8O4. The number of piperazine rings is 1. The zero-order chi connectivity index (χ0) is 27.9. The van der Waals surface area contributed by atoms with E-state index in [9.17, 15) is 23.3 Å². The van der Waals surface area contributed by atoms with Crippen LogP contribution in [0.3, 0.4) is 0 Å². The number of rotatable bonds is 8. The number of nitro groups is 1. The molecule has 0 radical (unpaired) electrons. The topological polar surface area (TPSA) is 124 Å². The van der Waals surface area contributed by atoms with E-state index in [-0.39, 0.29) is 23.6 Å². The van der Waals surface area contributed by atoms with Crippen molar-refractivity contribution in [3.05, 3.63) is 58.0 Å². The van der Waals surface area contributed by atoms with Crippen LogP contribution in [0.4, 0.5) is 30.6 Å². The molecular weight excluding hydrogens is 533 g/mol. The molecule has 4 heterocycles. The number of hydrogen-bond donors (Lipinski definition) is 1. The van der Waals surface area contributed by atoms with Gasteiger partial charge in [-0.3, -0.25) is 4.57 Å². The first-order chi connectivity index (χ1) is 19.2. The van der Waals surface area contributed by atoms with E-state index in [1.54, 1.807) is 16.7 Å². The Hall–Kier alpha value is -4.14. The number of hydrogen-bond acceptors (Lipinski definition) is 10. The van der Waals surface area contributed by atoms with Crippen LogP contribution in [-0.2, 0) is 13.1 Å². The standard InChI is InChI=1S/C25H27F3N8O4/c26-25(27,28)40-20-5-3-19(4-6-20)33-7-9-34(10-8-33)23-30-12-17(22(32-23)16-1-2-16)11-29-18-13-35-14-21(36(37)38)31-24(35)39-15-18/h3-6,12,14,16,18,29H,1-2,7-11,13,15H2. The lowest BCUT2D eigenvalue weighted by molar-refractivity contribution is -0.389. The summed E-state index contributed by atoms with van der Waals surface area (Å²) in [6.45, 7) is 4.14. The molecule has 0 amide bonds. The van der Waals surface area contributed by atoms with Crippen LogP contribution in [-0.4, -0.2) is 69.6 Å². The average Bonchev–Trinajstić information content (AvgIpc) is 3.69. The summed E-state index contributed by atoms with van der Waals surface area (Å²) in [5.41, 5.74) is 2.89. The molecule has 2 aliphatic heterocycles. The SMILES string of the molecule is O=[N+]([O-])c1cn2c(n1)OCC(NCc1cnc(N3CCN(c4ccc(OC(F)(F)F)cc4)CC3)nc1C1CC1)C2. The maximum absolute atomic E-state index is 12.4. The van der Waals surface area contributed by atoms with E-state index in [4.69, 9.17) is 9.72 Å². The number of fused-ring (bicyclic) bond motifs is 1. The highest BCUT2D eigenvalue weighted by Gasteiger charge is 2.32. The molecule has 15 heteroatoms. The Balaban J connectivity index is 1.06. The van der Waals surface area contributed by atoms with Crippen LogP contribution in [0.15, 0.2) is 36.7 Å². The highest BCUT2D eigenvalue weighted by atomic mass is 19.4. The fraction of sp³-hybridized carbons (Fsp3) is 0.480. The van der Waals surface area contributed by atoms with Crippen LogP contribution in [0.5, 0.6) is 11.8 Å². The van der Waals surface area contributed by atoms with Crippen molar-refractivity contribution >= 4 is 17.5 Å². The fourth-order valence-corrected chi connectivity index (χ4v) is 4.99. The monoisotopic (exact) mass is 560 g/mol. The predicted molar refractivity (Wildman–Crippen MR) is 137 cm³/mol. The third kappa shape index (κ3) is 5.88. The molecule has 1 N–H and O–H groups in total. The minimum Gasteiger partial charge on any atom is -0.444 e. The lowest BCUT2D eigenvalue weighted by Crippen LogP contribution is -2.47. The van der Waals surface area contributed by atoms with E-state index in [1.165, 1.54) is 18.3 Å². The van der Waals surface area contributed by atoms with Crippen LogP contribution in [0.2, 0.25) is 0 Å². The van der Waals surface area contributed by atoms with Gasteiger partial charge >= 0.3 is 18.2 Å². The van der Waals surface area contributed by atoms with Gasteiger partial charge in [-0.25, -0.2) is 9.97 Å². The van der Waals surface area contributed by atoms with Gasteiger partial charge in [0.25, 0.3) is 0 Å². The molecule has 12 nitrogen and oxygen atoms in total. The number of nitrogens with one attached hydrogen (secondary N) is 1. The lowest BCUT2D eigenvalue weighted by atomic mass is 10.1. The van der Waals surface area contributed by atoms with Crippen molar-refractivity contribution in [3.63, 3.8) is 0 Å². The Bertz CT molecular complexity index is 1370. The van der Waals surface area contributed by atoms with E-state index >= 15 is 0 Å². The minimum absolute atomic E-state index is 0.0461. The van der Waals surface area contributed by atoms with E-state index in [2.05, 4.69) is 29.8 Å². The highest BCUT2D eigenvalue weighted by molar-refractivity contribution is 5.51. The molecule has 2 fully saturated rings. The Kier molecular flexibility index (Phi) is 6.82. The lowest BCUT2D eigenvalue weighted by Gasteiger charge is -2.36. The van der Waals surface area contributed by atoms with E-state index in [0.29, 0.717) is 57.7 Å². The first-order valence-electron chi connectivity index (χ1n) is 13.0. The molecule has 1 atom stereocenters. The summed E-state index contributed by atoms with van der Waals surface area (Å²) >= 11 is 0. The second-order valence-corrected chi connectivity index (χ2v) is 10.1. The van der Waals surface area contributed by atoms with Gasteiger partial charge < -0.3 is 34.7 Å². The summed E-state index contributed by atoms with van der Waals surface area (Å²) < 4.78 is 48.5. The summed E-state index contributed by atoms with van der Waals surface area (Å²) in [6, 6.07) is 6.12. The second-order valence-electron chi connectivity index (χ2n) is 10.1. The summed E-state index contributed by atoms with van der Waals surface area (Å²) in [7, 11) is 0. The molecule has 1 saturated carbocycles. The Morgan fingerprint density at radius 3 is 2.50 bits per heavy atom. The Labute approximate surface area is 226 Å². The van der Waals surface area contributed by atoms with Gasteiger partial charge in [-0.05, 0) is 42.0 Å². The van der Waals surface area contributed by atoms with Crippen LogP contribution >= 0.6 is 0 Å². The summed E-state index contributed by atoms with van der Waals surface area (Å²) in [5, 5.41) is 14.5. The van der Waals surface area contributed by atoms with Gasteiger partial charge in [-0.1, -0.05) is 0 Å². The molecule has 3 aromatic rings. The van der Waals surface area contributed by atoms with Gasteiger partial charge in [0.1, 0.15) is 18.6 Å². The molecule has 40 heavy (non-hydrogen) atoms. The maximum Gasteiger partial charge on any atom is 0.573 e. The van der Waals surface area contributed by atoms with E-state index < -0.39 is 11.3 Å². The second kappa shape index (κ2) is 10.4. The number of halogens is 3. The summed E-state index contributed by atoms with van der Waals surface area (Å²) in [6.07, 6.45) is 0.706. The van der Waals surface area contributed by atoms with Gasteiger partial charge in [0, 0.05) is 67.6 Å². The van der Waals surface area contributed by atoms with Crippen molar-refractivity contribution in [2.75, 3.05) is 42.6 Å². The van der Waals surface area contributed by atoms with Gasteiger partial charge in [0.05, 0.1) is 11.7 Å². The van der Waals surface area contributed by atoms with Crippen molar-refractivity contribution in [2.24, 2.45) is 0 Å². The Morgan fingerprint density at radius 1 is 1.10 bits per heavy atom. The smallest absolute Gasteiger partial charge is 0.444 e. The van der Waals surface area contributed by atoms with Crippen molar-refractivity contribution in [3.8, 4) is 11.8 Å². The minimum atomic E-state index is -4.71. The van der Waals surface area contributed by atoms with E-state index in [0.717, 1.165) is 29.8 Å². The zero-order valence-electron chi connectivity index (χ0n) is 21.4. The molecule has 1 unspecified atom stereocenters. The third-order valence-corrected chi connectivity index (χ3v) is 7.17. The van der Waals surface area contributed by atoms with Crippen LogP contribution in [0.1, 0.15) is 30.0 Å². The molecule has 3 aliphatic rings. The molecule has 0 bridgehead atoms. The fourth-order valence-electron chi connectivity index (χ4n) is 4.99. The number of imidazole rings is 1. The number of anilines is 2. The molecule has 212 valence electrons. The number of ether oxygens (including phenoxy) is 2. The largest absolute Gasteiger partial charge is 0.573 e. The summed E-state index contributed by atoms with van der Waals surface area (Å²) in [5.74, 6) is 0.611. The first-order valence-corrected chi connectivity index (χ1v) is 13.0. The van der Waals surface area contributed by atoms with Gasteiger partial charge in [0.2, 0.25) is 5.95 Å². The highest BCUT2D eigenvalue weighted by Crippen LogP contribution is 2.41. The van der Waals surface area contributed by atoms with E-state index in [1.807, 2.05) is 6.20 Å². The Morgan fingerprint density at radius 2 is 1.82 bits per heavy atom.